The SMILES string of the molecule is COc1cc2c(-c3c(C#N)c(Cl)nc4ccccc34)ccnc2cc1OC(C)C. The first-order chi connectivity index (χ1) is 14.0. The zero-order chi connectivity index (χ0) is 20.5. The average molecular weight is 404 g/mol. The highest BCUT2D eigenvalue weighted by Crippen LogP contribution is 2.41. The van der Waals surface area contributed by atoms with Gasteiger partial charge in [0.25, 0.3) is 0 Å². The van der Waals surface area contributed by atoms with E-state index in [0.29, 0.717) is 17.1 Å². The molecule has 4 rings (SSSR count). The van der Waals surface area contributed by atoms with Gasteiger partial charge in [0.05, 0.1) is 29.8 Å². The fraction of sp³-hybridized carbons (Fsp3) is 0.174. The van der Waals surface area contributed by atoms with Crippen molar-refractivity contribution in [2.24, 2.45) is 0 Å². The Morgan fingerprint density at radius 2 is 1.83 bits per heavy atom. The number of methoxy groups -OCH3 is 1. The fourth-order valence-electron chi connectivity index (χ4n) is 3.44. The molecule has 0 atom stereocenters. The van der Waals surface area contributed by atoms with E-state index in [4.69, 9.17) is 21.1 Å². The van der Waals surface area contributed by atoms with Crippen LogP contribution in [0.3, 0.4) is 0 Å². The van der Waals surface area contributed by atoms with Crippen LogP contribution in [0, 0.1) is 11.3 Å². The summed E-state index contributed by atoms with van der Waals surface area (Å²) in [6.07, 6.45) is 1.71. The number of nitrogens with zero attached hydrogens (tertiary/aromatic N) is 3. The quantitative estimate of drug-likeness (QED) is 0.404. The first-order valence-corrected chi connectivity index (χ1v) is 9.53. The van der Waals surface area contributed by atoms with Gasteiger partial charge < -0.3 is 9.47 Å². The molecule has 0 aliphatic rings. The van der Waals surface area contributed by atoms with Crippen LogP contribution in [0.4, 0.5) is 0 Å². The van der Waals surface area contributed by atoms with Crippen molar-refractivity contribution in [3.05, 3.63) is 59.4 Å². The summed E-state index contributed by atoms with van der Waals surface area (Å²) in [5, 5.41) is 11.7. The number of hydrogen-bond donors (Lipinski definition) is 0. The zero-order valence-electron chi connectivity index (χ0n) is 16.2. The minimum Gasteiger partial charge on any atom is -0.493 e. The van der Waals surface area contributed by atoms with Gasteiger partial charge in [-0.2, -0.15) is 5.26 Å². The molecule has 0 amide bonds. The standard InChI is InChI=1S/C23H18ClN3O2/c1-13(2)29-21-11-19-16(10-20(21)28-3)14(8-9-26-19)22-15-6-4-5-7-18(15)27-23(24)17(22)12-25/h4-11,13H,1-3H3. The molecule has 5 nitrogen and oxygen atoms in total. The lowest BCUT2D eigenvalue weighted by atomic mass is 9.94. The van der Waals surface area contributed by atoms with Crippen LogP contribution in [-0.4, -0.2) is 23.2 Å². The molecule has 6 heteroatoms. The van der Waals surface area contributed by atoms with Crippen LogP contribution in [0.1, 0.15) is 19.4 Å². The number of fused-ring (bicyclic) bond motifs is 2. The number of nitriles is 1. The van der Waals surface area contributed by atoms with Crippen molar-refractivity contribution in [3.8, 4) is 28.7 Å². The van der Waals surface area contributed by atoms with Crippen molar-refractivity contribution in [1.29, 1.82) is 5.26 Å². The van der Waals surface area contributed by atoms with E-state index in [-0.39, 0.29) is 11.3 Å². The first-order valence-electron chi connectivity index (χ1n) is 9.15. The molecule has 0 spiro atoms. The summed E-state index contributed by atoms with van der Waals surface area (Å²) in [6.45, 7) is 3.91. The summed E-state index contributed by atoms with van der Waals surface area (Å²) in [6, 6.07) is 15.5. The molecule has 2 heterocycles. The Labute approximate surface area is 173 Å². The van der Waals surface area contributed by atoms with Crippen LogP contribution in [0.2, 0.25) is 5.15 Å². The van der Waals surface area contributed by atoms with E-state index < -0.39 is 0 Å². The third-order valence-electron chi connectivity index (χ3n) is 4.62. The largest absolute Gasteiger partial charge is 0.493 e. The second kappa shape index (κ2) is 7.57. The molecule has 2 aromatic heterocycles. The molecule has 0 saturated carbocycles. The summed E-state index contributed by atoms with van der Waals surface area (Å²) in [7, 11) is 1.60. The number of rotatable bonds is 4. The smallest absolute Gasteiger partial charge is 0.163 e. The molecule has 0 bridgehead atoms. The molecule has 144 valence electrons. The molecular formula is C23H18ClN3O2. The van der Waals surface area contributed by atoms with E-state index in [1.54, 1.807) is 13.3 Å². The van der Waals surface area contributed by atoms with Gasteiger partial charge in [-0.15, -0.1) is 0 Å². The Bertz CT molecular complexity index is 1280. The van der Waals surface area contributed by atoms with E-state index in [9.17, 15) is 5.26 Å². The highest BCUT2D eigenvalue weighted by Gasteiger charge is 2.19. The number of pyridine rings is 2. The Balaban J connectivity index is 2.09. The van der Waals surface area contributed by atoms with Gasteiger partial charge in [-0.05, 0) is 37.6 Å². The molecule has 0 fully saturated rings. The fourth-order valence-corrected chi connectivity index (χ4v) is 3.67. The molecule has 29 heavy (non-hydrogen) atoms. The maximum absolute atomic E-state index is 9.80. The van der Waals surface area contributed by atoms with Crippen molar-refractivity contribution in [2.45, 2.75) is 20.0 Å². The van der Waals surface area contributed by atoms with Gasteiger partial charge in [0.1, 0.15) is 11.2 Å². The second-order valence-electron chi connectivity index (χ2n) is 6.83. The number of hydrogen-bond acceptors (Lipinski definition) is 5. The molecule has 4 aromatic rings. The average Bonchev–Trinajstić information content (AvgIpc) is 2.71. The van der Waals surface area contributed by atoms with Crippen LogP contribution in [0.5, 0.6) is 11.5 Å². The molecule has 0 radical (unpaired) electrons. The van der Waals surface area contributed by atoms with Crippen LogP contribution in [0.15, 0.2) is 48.7 Å². The van der Waals surface area contributed by atoms with Gasteiger partial charge in [-0.3, -0.25) is 4.98 Å². The molecule has 2 aromatic carbocycles. The molecule has 0 unspecified atom stereocenters. The molecule has 0 aliphatic carbocycles. The van der Waals surface area contributed by atoms with Gasteiger partial charge in [0, 0.05) is 28.6 Å². The van der Waals surface area contributed by atoms with Gasteiger partial charge >= 0.3 is 0 Å². The Morgan fingerprint density at radius 3 is 2.55 bits per heavy atom. The predicted octanol–water partition coefficient (Wildman–Crippen LogP) is 5.77. The van der Waals surface area contributed by atoms with Crippen LogP contribution in [-0.2, 0) is 0 Å². The van der Waals surface area contributed by atoms with Crippen molar-refractivity contribution < 1.29 is 9.47 Å². The number of para-hydroxylation sites is 1. The van der Waals surface area contributed by atoms with Gasteiger partial charge in [-0.1, -0.05) is 29.8 Å². The summed E-state index contributed by atoms with van der Waals surface area (Å²) >= 11 is 6.36. The van der Waals surface area contributed by atoms with E-state index in [1.165, 1.54) is 0 Å². The molecule has 0 saturated heterocycles. The topological polar surface area (TPSA) is 68.0 Å². The second-order valence-corrected chi connectivity index (χ2v) is 7.18. The van der Waals surface area contributed by atoms with Crippen molar-refractivity contribution >= 4 is 33.4 Å². The normalized spacial score (nSPS) is 11.0. The van der Waals surface area contributed by atoms with Crippen molar-refractivity contribution in [2.75, 3.05) is 7.11 Å². The van der Waals surface area contributed by atoms with E-state index in [0.717, 1.165) is 32.9 Å². The van der Waals surface area contributed by atoms with E-state index in [1.807, 2.05) is 56.3 Å². The highest BCUT2D eigenvalue weighted by atomic mass is 35.5. The maximum Gasteiger partial charge on any atom is 0.163 e. The van der Waals surface area contributed by atoms with Crippen molar-refractivity contribution in [1.82, 2.24) is 9.97 Å². The third kappa shape index (κ3) is 3.32. The Hall–Kier alpha value is -3.36. The van der Waals surface area contributed by atoms with E-state index >= 15 is 0 Å². The highest BCUT2D eigenvalue weighted by molar-refractivity contribution is 6.32. The monoisotopic (exact) mass is 403 g/mol. The summed E-state index contributed by atoms with van der Waals surface area (Å²) < 4.78 is 11.4. The van der Waals surface area contributed by atoms with E-state index in [2.05, 4.69) is 16.0 Å². The van der Waals surface area contributed by atoms with Gasteiger partial charge in [0.15, 0.2) is 11.5 Å². The van der Waals surface area contributed by atoms with Gasteiger partial charge in [0.2, 0.25) is 0 Å². The summed E-state index contributed by atoms with van der Waals surface area (Å²) in [5.41, 5.74) is 3.36. The molecule has 0 aliphatic heterocycles. The van der Waals surface area contributed by atoms with Crippen LogP contribution in [0.25, 0.3) is 32.9 Å². The number of halogens is 1. The lowest BCUT2D eigenvalue weighted by Gasteiger charge is -2.16. The molecule has 0 N–H and O–H groups in total. The first kappa shape index (κ1) is 19.0. The third-order valence-corrected chi connectivity index (χ3v) is 4.89. The number of benzene rings is 2. The Morgan fingerprint density at radius 1 is 1.03 bits per heavy atom. The minimum atomic E-state index is -0.00216. The Kier molecular flexibility index (Phi) is 4.96. The summed E-state index contributed by atoms with van der Waals surface area (Å²) in [4.78, 5) is 8.88. The van der Waals surface area contributed by atoms with Crippen LogP contribution >= 0.6 is 11.6 Å². The minimum absolute atomic E-state index is 0.00216. The van der Waals surface area contributed by atoms with Crippen molar-refractivity contribution in [3.63, 3.8) is 0 Å². The van der Waals surface area contributed by atoms with Gasteiger partial charge in [-0.25, -0.2) is 4.98 Å². The zero-order valence-corrected chi connectivity index (χ0v) is 17.0. The predicted molar refractivity (Wildman–Crippen MR) is 115 cm³/mol. The molecular weight excluding hydrogens is 386 g/mol. The lowest BCUT2D eigenvalue weighted by Crippen LogP contribution is -2.07. The maximum atomic E-state index is 9.80. The number of ether oxygens (including phenoxy) is 2. The van der Waals surface area contributed by atoms with Crippen LogP contribution < -0.4 is 9.47 Å². The lowest BCUT2D eigenvalue weighted by molar-refractivity contribution is 0.230. The summed E-state index contributed by atoms with van der Waals surface area (Å²) in [5.74, 6) is 1.22. The number of aromatic nitrogens is 2.